The van der Waals surface area contributed by atoms with Gasteiger partial charge < -0.3 is 10.1 Å². The van der Waals surface area contributed by atoms with E-state index in [1.54, 1.807) is 36.4 Å². The molecule has 1 atom stereocenters. The molecule has 1 N–H and O–H groups in total. The van der Waals surface area contributed by atoms with E-state index in [0.717, 1.165) is 11.1 Å². The van der Waals surface area contributed by atoms with Crippen LogP contribution in [-0.4, -0.2) is 29.9 Å². The lowest BCUT2D eigenvalue weighted by Crippen LogP contribution is -2.30. The number of hydrogen-bond donors (Lipinski definition) is 1. The Morgan fingerprint density at radius 1 is 1.03 bits per heavy atom. The number of hydrogen-bond acceptors (Lipinski definition) is 3. The Hall–Kier alpha value is -3.45. The van der Waals surface area contributed by atoms with Crippen LogP contribution in [0.25, 0.3) is 0 Å². The van der Waals surface area contributed by atoms with Gasteiger partial charge >= 0.3 is 12.6 Å². The molecule has 1 heterocycles. The number of nitrogens with one attached hydrogen (secondary N) is 1. The molecular formula is C23H18ClF2N3O2. The highest BCUT2D eigenvalue weighted by molar-refractivity contribution is 6.30. The number of anilines is 1. The van der Waals surface area contributed by atoms with Crippen molar-refractivity contribution in [1.82, 2.24) is 5.01 Å². The number of nitrogens with zero attached hydrogens (tertiary/aromatic N) is 2. The summed E-state index contributed by atoms with van der Waals surface area (Å²) in [6.07, 6.45) is 0. The number of urea groups is 1. The molecule has 4 rings (SSSR count). The van der Waals surface area contributed by atoms with E-state index in [0.29, 0.717) is 23.0 Å². The molecule has 31 heavy (non-hydrogen) atoms. The van der Waals surface area contributed by atoms with Gasteiger partial charge in [-0.05, 0) is 59.7 Å². The maximum atomic E-state index is 12.8. The summed E-state index contributed by atoms with van der Waals surface area (Å²) in [6.45, 7) is -2.55. The van der Waals surface area contributed by atoms with E-state index in [1.165, 1.54) is 17.1 Å². The molecule has 0 aliphatic carbocycles. The molecule has 0 bridgehead atoms. The van der Waals surface area contributed by atoms with Crippen molar-refractivity contribution in [3.63, 3.8) is 0 Å². The quantitative estimate of drug-likeness (QED) is 0.529. The molecule has 0 saturated heterocycles. The molecule has 0 radical (unpaired) electrons. The Labute approximate surface area is 182 Å². The molecule has 3 aromatic rings. The fourth-order valence-electron chi connectivity index (χ4n) is 3.36. The summed E-state index contributed by atoms with van der Waals surface area (Å²) in [5, 5.41) is 9.29. The van der Waals surface area contributed by atoms with Crippen molar-refractivity contribution in [1.29, 1.82) is 0 Å². The predicted molar refractivity (Wildman–Crippen MR) is 116 cm³/mol. The second-order valence-electron chi connectivity index (χ2n) is 6.87. The summed E-state index contributed by atoms with van der Waals surface area (Å²) in [5.41, 5.74) is 2.98. The minimum Gasteiger partial charge on any atom is -0.435 e. The fraction of sp³-hybridized carbons (Fsp3) is 0.130. The van der Waals surface area contributed by atoms with Gasteiger partial charge in [-0.3, -0.25) is 0 Å². The summed E-state index contributed by atoms with van der Waals surface area (Å²) in [6, 6.07) is 22.3. The minimum absolute atomic E-state index is 0.0611. The number of alkyl halides is 2. The van der Waals surface area contributed by atoms with Crippen LogP contribution in [0.5, 0.6) is 5.75 Å². The normalized spacial score (nSPS) is 15.7. The zero-order chi connectivity index (χ0) is 21.8. The van der Waals surface area contributed by atoms with E-state index >= 15 is 0 Å². The fourth-order valence-corrected chi connectivity index (χ4v) is 3.49. The highest BCUT2D eigenvalue weighted by Gasteiger charge is 2.32. The van der Waals surface area contributed by atoms with Crippen molar-refractivity contribution in [3.8, 4) is 5.75 Å². The maximum Gasteiger partial charge on any atom is 0.387 e. The number of rotatable bonds is 5. The van der Waals surface area contributed by atoms with Crippen molar-refractivity contribution in [3.05, 3.63) is 95.0 Å². The molecule has 1 unspecified atom stereocenters. The van der Waals surface area contributed by atoms with E-state index in [9.17, 15) is 13.6 Å². The standard InChI is InChI=1S/C23H18ClF2N3O2/c24-17-8-10-18(11-9-17)27-23(30)29-14-20(15-4-2-1-3-5-15)21(28-29)16-6-12-19(13-7-16)31-22(25)26/h1-13,20,22H,14H2,(H,27,30). The van der Waals surface area contributed by atoms with Crippen LogP contribution in [0.2, 0.25) is 5.02 Å². The maximum absolute atomic E-state index is 12.8. The van der Waals surface area contributed by atoms with Gasteiger partial charge in [-0.25, -0.2) is 9.80 Å². The summed E-state index contributed by atoms with van der Waals surface area (Å²) in [5.74, 6) is -0.106. The van der Waals surface area contributed by atoms with Gasteiger partial charge in [0.05, 0.1) is 12.3 Å². The number of hydrazone groups is 1. The zero-order valence-electron chi connectivity index (χ0n) is 16.2. The van der Waals surface area contributed by atoms with Crippen LogP contribution < -0.4 is 10.1 Å². The lowest BCUT2D eigenvalue weighted by Gasteiger charge is -2.16. The first-order valence-electron chi connectivity index (χ1n) is 9.52. The summed E-state index contributed by atoms with van der Waals surface area (Å²) in [7, 11) is 0. The first-order chi connectivity index (χ1) is 15.0. The van der Waals surface area contributed by atoms with Crippen molar-refractivity contribution >= 4 is 29.0 Å². The van der Waals surface area contributed by atoms with Gasteiger partial charge in [0.1, 0.15) is 5.75 Å². The first kappa shape index (κ1) is 20.8. The Balaban J connectivity index is 1.60. The smallest absolute Gasteiger partial charge is 0.387 e. The summed E-state index contributed by atoms with van der Waals surface area (Å²) < 4.78 is 29.3. The van der Waals surface area contributed by atoms with Crippen molar-refractivity contribution in [2.75, 3.05) is 11.9 Å². The first-order valence-corrected chi connectivity index (χ1v) is 9.90. The van der Waals surface area contributed by atoms with Gasteiger partial charge in [-0.1, -0.05) is 41.9 Å². The molecule has 2 amide bonds. The van der Waals surface area contributed by atoms with Crippen molar-refractivity contribution < 1.29 is 18.3 Å². The summed E-state index contributed by atoms with van der Waals surface area (Å²) >= 11 is 5.89. The molecule has 0 saturated carbocycles. The second-order valence-corrected chi connectivity index (χ2v) is 7.31. The van der Waals surface area contributed by atoms with E-state index in [4.69, 9.17) is 11.6 Å². The minimum atomic E-state index is -2.89. The largest absolute Gasteiger partial charge is 0.435 e. The Bertz CT molecular complexity index is 1070. The van der Waals surface area contributed by atoms with Crippen LogP contribution in [-0.2, 0) is 0 Å². The molecule has 1 aliphatic heterocycles. The Morgan fingerprint density at radius 3 is 2.35 bits per heavy atom. The number of benzene rings is 3. The second kappa shape index (κ2) is 9.14. The monoisotopic (exact) mass is 441 g/mol. The molecule has 0 aromatic heterocycles. The van der Waals surface area contributed by atoms with E-state index in [-0.39, 0.29) is 17.7 Å². The molecule has 1 aliphatic rings. The molecule has 5 nitrogen and oxygen atoms in total. The van der Waals surface area contributed by atoms with Gasteiger partial charge in [0.15, 0.2) is 0 Å². The molecule has 0 fully saturated rings. The zero-order valence-corrected chi connectivity index (χ0v) is 17.0. The average molecular weight is 442 g/mol. The van der Waals surface area contributed by atoms with E-state index in [2.05, 4.69) is 15.2 Å². The third kappa shape index (κ3) is 5.00. The van der Waals surface area contributed by atoms with Gasteiger partial charge in [0.25, 0.3) is 0 Å². The number of amides is 2. The van der Waals surface area contributed by atoms with Gasteiger partial charge in [-0.15, -0.1) is 0 Å². The van der Waals surface area contributed by atoms with Gasteiger partial charge in [0, 0.05) is 16.6 Å². The lowest BCUT2D eigenvalue weighted by atomic mass is 9.90. The third-order valence-electron chi connectivity index (χ3n) is 4.82. The van der Waals surface area contributed by atoms with Gasteiger partial charge in [-0.2, -0.15) is 13.9 Å². The number of halogens is 3. The van der Waals surface area contributed by atoms with Crippen LogP contribution in [0.15, 0.2) is 84.0 Å². The molecule has 3 aromatic carbocycles. The number of ether oxygens (including phenoxy) is 1. The lowest BCUT2D eigenvalue weighted by molar-refractivity contribution is -0.0498. The van der Waals surface area contributed by atoms with E-state index in [1.807, 2.05) is 30.3 Å². The number of carbonyl (C=O) groups is 1. The van der Waals surface area contributed by atoms with E-state index < -0.39 is 6.61 Å². The van der Waals surface area contributed by atoms with Crippen LogP contribution in [0.1, 0.15) is 17.0 Å². The highest BCUT2D eigenvalue weighted by atomic mass is 35.5. The SMILES string of the molecule is O=C(Nc1ccc(Cl)cc1)N1CC(c2ccccc2)C(c2ccc(OC(F)F)cc2)=N1. The average Bonchev–Trinajstić information content (AvgIpc) is 3.22. The van der Waals surface area contributed by atoms with Crippen LogP contribution in [0.4, 0.5) is 19.3 Å². The van der Waals surface area contributed by atoms with Crippen LogP contribution in [0, 0.1) is 0 Å². The van der Waals surface area contributed by atoms with Gasteiger partial charge in [0.2, 0.25) is 0 Å². The van der Waals surface area contributed by atoms with Crippen molar-refractivity contribution in [2.24, 2.45) is 5.10 Å². The molecule has 0 spiro atoms. The predicted octanol–water partition coefficient (Wildman–Crippen LogP) is 5.98. The highest BCUT2D eigenvalue weighted by Crippen LogP contribution is 2.30. The van der Waals surface area contributed by atoms with Crippen LogP contribution in [0.3, 0.4) is 0 Å². The van der Waals surface area contributed by atoms with Crippen molar-refractivity contribution in [2.45, 2.75) is 12.5 Å². The topological polar surface area (TPSA) is 53.9 Å². The third-order valence-corrected chi connectivity index (χ3v) is 5.07. The molecule has 158 valence electrons. The molecular weight excluding hydrogens is 424 g/mol. The summed E-state index contributed by atoms with van der Waals surface area (Å²) in [4.78, 5) is 12.8. The van der Waals surface area contributed by atoms with Crippen LogP contribution >= 0.6 is 11.6 Å². The number of carbonyl (C=O) groups excluding carboxylic acids is 1. The Morgan fingerprint density at radius 2 is 1.71 bits per heavy atom. The molecule has 8 heteroatoms. The Kier molecular flexibility index (Phi) is 6.13.